The third-order valence-electron chi connectivity index (χ3n) is 2.94. The Kier molecular flexibility index (Phi) is 4.02. The molecule has 9 heteroatoms. The maximum Gasteiger partial charge on any atom is 0.257 e. The van der Waals surface area contributed by atoms with Crippen LogP contribution in [0.2, 0.25) is 5.02 Å². The first kappa shape index (κ1) is 14.7. The van der Waals surface area contributed by atoms with Gasteiger partial charge in [-0.15, -0.1) is 4.73 Å². The quantitative estimate of drug-likeness (QED) is 0.348. The maximum atomic E-state index is 9.73. The van der Waals surface area contributed by atoms with Gasteiger partial charge in [0, 0.05) is 10.5 Å². The first-order chi connectivity index (χ1) is 9.99. The molecule has 1 heterocycles. The second-order valence-corrected chi connectivity index (χ2v) is 4.57. The summed E-state index contributed by atoms with van der Waals surface area (Å²) >= 11 is 5.94. The number of aryl methyl sites for hydroxylation is 1. The number of nitrogens with one attached hydrogen (secondary N) is 1. The van der Waals surface area contributed by atoms with Crippen molar-refractivity contribution in [3.05, 3.63) is 45.0 Å². The Labute approximate surface area is 124 Å². The van der Waals surface area contributed by atoms with Gasteiger partial charge < -0.3 is 10.9 Å². The maximum absolute atomic E-state index is 9.73. The molecule has 0 saturated carbocycles. The molecule has 0 aliphatic carbocycles. The molecule has 2 rings (SSSR count). The largest absolute Gasteiger partial charge is 0.423 e. The minimum Gasteiger partial charge on any atom is -0.423 e. The predicted molar refractivity (Wildman–Crippen MR) is 78.3 cm³/mol. The van der Waals surface area contributed by atoms with E-state index in [1.54, 1.807) is 18.2 Å². The average Bonchev–Trinajstić information content (AvgIpc) is 2.47. The Morgan fingerprint density at radius 2 is 2.29 bits per heavy atom. The summed E-state index contributed by atoms with van der Waals surface area (Å²) in [6.45, 7) is 1.86. The number of nitrogens with two attached hydrogens (primary N) is 1. The van der Waals surface area contributed by atoms with Crippen molar-refractivity contribution in [1.82, 2.24) is 9.71 Å². The third-order valence-corrected chi connectivity index (χ3v) is 3.26. The van der Waals surface area contributed by atoms with E-state index in [2.05, 4.69) is 15.0 Å². The molecule has 0 aliphatic heterocycles. The summed E-state index contributed by atoms with van der Waals surface area (Å²) in [5, 5.41) is 21.1. The average molecular weight is 306 g/mol. The number of nitrogen functional groups attached to an aromatic ring is 1. The zero-order chi connectivity index (χ0) is 15.6. The van der Waals surface area contributed by atoms with Crippen molar-refractivity contribution in [2.75, 3.05) is 5.73 Å². The highest BCUT2D eigenvalue weighted by Gasteiger charge is 2.15. The number of halogens is 1. The van der Waals surface area contributed by atoms with Gasteiger partial charge in [0.2, 0.25) is 0 Å². The molecule has 0 aliphatic rings. The Bertz CT molecular complexity index is 808. The second kappa shape index (κ2) is 5.74. The lowest BCUT2D eigenvalue weighted by Crippen LogP contribution is -2.26. The molecule has 4 N–H and O–H groups in total. The summed E-state index contributed by atoms with van der Waals surface area (Å²) in [4.78, 5) is 6.70. The SMILES string of the molecule is CCc1nc(=N)n(O)c(N)c1-c1ccc(Cl)c(N=[N+]=[N-])c1. The third kappa shape index (κ3) is 2.62. The monoisotopic (exact) mass is 305 g/mol. The first-order valence-electron chi connectivity index (χ1n) is 5.99. The normalized spacial score (nSPS) is 10.2. The molecule has 0 spiro atoms. The van der Waals surface area contributed by atoms with Crippen LogP contribution in [0, 0.1) is 5.41 Å². The number of hydrogen-bond donors (Lipinski definition) is 3. The number of hydrogen-bond acceptors (Lipinski definition) is 5. The highest BCUT2D eigenvalue weighted by molar-refractivity contribution is 6.33. The van der Waals surface area contributed by atoms with E-state index in [4.69, 9.17) is 28.3 Å². The minimum absolute atomic E-state index is 0.0129. The van der Waals surface area contributed by atoms with Crippen LogP contribution < -0.4 is 11.4 Å². The van der Waals surface area contributed by atoms with E-state index in [1.165, 1.54) is 0 Å². The molecule has 108 valence electrons. The van der Waals surface area contributed by atoms with Gasteiger partial charge >= 0.3 is 0 Å². The summed E-state index contributed by atoms with van der Waals surface area (Å²) < 4.78 is 0.496. The van der Waals surface area contributed by atoms with Crippen LogP contribution >= 0.6 is 11.6 Å². The standard InChI is InChI=1S/C12H12ClN7O/c1-2-8-10(11(14)20(21)12(15)17-8)6-3-4-7(13)9(5-6)18-19-16/h3-5,15,21H,2,14H2,1H3. The topological polar surface area (TPSA) is 137 Å². The fourth-order valence-electron chi connectivity index (χ4n) is 1.96. The van der Waals surface area contributed by atoms with Crippen molar-refractivity contribution in [2.45, 2.75) is 13.3 Å². The van der Waals surface area contributed by atoms with E-state index < -0.39 is 0 Å². The Hall–Kier alpha value is -2.70. The molecule has 1 aromatic carbocycles. The van der Waals surface area contributed by atoms with Crippen LogP contribution in [-0.4, -0.2) is 14.9 Å². The van der Waals surface area contributed by atoms with Crippen LogP contribution in [0.3, 0.4) is 0 Å². The van der Waals surface area contributed by atoms with Gasteiger partial charge in [-0.3, -0.25) is 5.41 Å². The number of azide groups is 1. The zero-order valence-electron chi connectivity index (χ0n) is 11.1. The van der Waals surface area contributed by atoms with Crippen LogP contribution in [-0.2, 0) is 6.42 Å². The van der Waals surface area contributed by atoms with Crippen LogP contribution in [0.5, 0.6) is 0 Å². The molecular formula is C12H12ClN7O. The summed E-state index contributed by atoms with van der Waals surface area (Å²) in [6.07, 6.45) is 0.520. The van der Waals surface area contributed by atoms with Gasteiger partial charge in [-0.05, 0) is 29.6 Å². The molecule has 0 radical (unpaired) electrons. The fourth-order valence-corrected chi connectivity index (χ4v) is 2.12. The van der Waals surface area contributed by atoms with Crippen molar-refractivity contribution in [3.8, 4) is 11.1 Å². The smallest absolute Gasteiger partial charge is 0.257 e. The molecule has 0 bridgehead atoms. The number of benzene rings is 1. The fraction of sp³-hybridized carbons (Fsp3) is 0.167. The van der Waals surface area contributed by atoms with Crippen molar-refractivity contribution in [2.24, 2.45) is 5.11 Å². The lowest BCUT2D eigenvalue weighted by Gasteiger charge is -2.13. The number of nitrogens with zero attached hydrogens (tertiary/aromatic N) is 5. The molecule has 0 unspecified atom stereocenters. The Balaban J connectivity index is 2.78. The first-order valence-corrected chi connectivity index (χ1v) is 6.37. The molecular weight excluding hydrogens is 294 g/mol. The second-order valence-electron chi connectivity index (χ2n) is 4.16. The van der Waals surface area contributed by atoms with E-state index in [1.807, 2.05) is 6.92 Å². The number of anilines is 1. The van der Waals surface area contributed by atoms with E-state index in [-0.39, 0.29) is 17.1 Å². The summed E-state index contributed by atoms with van der Waals surface area (Å²) in [7, 11) is 0. The highest BCUT2D eigenvalue weighted by Crippen LogP contribution is 2.34. The van der Waals surface area contributed by atoms with E-state index in [0.717, 1.165) is 0 Å². The van der Waals surface area contributed by atoms with Gasteiger partial charge in [-0.25, -0.2) is 4.98 Å². The van der Waals surface area contributed by atoms with Gasteiger partial charge in [-0.1, -0.05) is 29.7 Å². The van der Waals surface area contributed by atoms with Crippen molar-refractivity contribution >= 4 is 23.1 Å². The zero-order valence-corrected chi connectivity index (χ0v) is 11.8. The molecule has 0 fully saturated rings. The van der Waals surface area contributed by atoms with Gasteiger partial charge in [0.15, 0.2) is 5.82 Å². The van der Waals surface area contributed by atoms with Crippen molar-refractivity contribution < 1.29 is 5.21 Å². The van der Waals surface area contributed by atoms with Crippen molar-refractivity contribution in [1.29, 1.82) is 5.41 Å². The number of aromatic nitrogens is 2. The molecule has 21 heavy (non-hydrogen) atoms. The minimum atomic E-state index is -0.350. The van der Waals surface area contributed by atoms with Gasteiger partial charge in [0.25, 0.3) is 5.62 Å². The molecule has 2 aromatic rings. The van der Waals surface area contributed by atoms with Crippen LogP contribution in [0.4, 0.5) is 11.5 Å². The molecule has 0 amide bonds. The predicted octanol–water partition coefficient (Wildman–Crippen LogP) is 3.01. The van der Waals surface area contributed by atoms with Gasteiger partial charge in [-0.2, -0.15) is 0 Å². The Morgan fingerprint density at radius 1 is 1.57 bits per heavy atom. The molecule has 1 aromatic heterocycles. The van der Waals surface area contributed by atoms with Crippen LogP contribution in [0.15, 0.2) is 23.3 Å². The van der Waals surface area contributed by atoms with Crippen LogP contribution in [0.25, 0.3) is 21.6 Å². The van der Waals surface area contributed by atoms with E-state index >= 15 is 0 Å². The molecule has 8 nitrogen and oxygen atoms in total. The molecule has 0 atom stereocenters. The van der Waals surface area contributed by atoms with Crippen molar-refractivity contribution in [3.63, 3.8) is 0 Å². The van der Waals surface area contributed by atoms with E-state index in [0.29, 0.717) is 33.0 Å². The lowest BCUT2D eigenvalue weighted by atomic mass is 10.0. The lowest BCUT2D eigenvalue weighted by molar-refractivity contribution is 0.171. The highest BCUT2D eigenvalue weighted by atomic mass is 35.5. The van der Waals surface area contributed by atoms with Crippen LogP contribution in [0.1, 0.15) is 12.6 Å². The summed E-state index contributed by atoms with van der Waals surface area (Å²) in [5.41, 5.74) is 15.9. The van der Waals surface area contributed by atoms with Gasteiger partial charge in [0.1, 0.15) is 0 Å². The van der Waals surface area contributed by atoms with Gasteiger partial charge in [0.05, 0.1) is 16.4 Å². The molecule has 0 saturated heterocycles. The number of rotatable bonds is 3. The van der Waals surface area contributed by atoms with E-state index in [9.17, 15) is 5.21 Å². The summed E-state index contributed by atoms with van der Waals surface area (Å²) in [5.74, 6) is -0.0129. The summed E-state index contributed by atoms with van der Waals surface area (Å²) in [6, 6.07) is 4.79. The Morgan fingerprint density at radius 3 is 2.90 bits per heavy atom.